The zero-order valence-corrected chi connectivity index (χ0v) is 18.0. The topological polar surface area (TPSA) is 77.0 Å². The number of nitrogens with zero attached hydrogens (tertiary/aromatic N) is 2. The van der Waals surface area contributed by atoms with Crippen LogP contribution in [0.1, 0.15) is 24.8 Å². The maximum Gasteiger partial charge on any atom is 0.218 e. The molecule has 26 heavy (non-hydrogen) atoms. The van der Waals surface area contributed by atoms with Crippen LogP contribution in [-0.4, -0.2) is 58.1 Å². The second-order valence-corrected chi connectivity index (χ2v) is 6.03. The molecular weight excluding hydrogens is 447 g/mol. The quantitative estimate of drug-likeness (QED) is 0.208. The fourth-order valence-corrected chi connectivity index (χ4v) is 2.23. The highest BCUT2D eigenvalue weighted by molar-refractivity contribution is 14.0. The fraction of sp³-hybridized carbons (Fsp3) is 0.667. The largest absolute Gasteiger partial charge is 0.475 e. The highest BCUT2D eigenvalue weighted by Gasteiger charge is 2.20. The lowest BCUT2D eigenvalue weighted by Gasteiger charge is -2.14. The number of aromatic nitrogens is 1. The van der Waals surface area contributed by atoms with E-state index in [1.165, 1.54) is 12.8 Å². The molecule has 0 aliphatic heterocycles. The summed E-state index contributed by atoms with van der Waals surface area (Å²) in [5.74, 6) is 2.20. The maximum absolute atomic E-state index is 5.64. The molecule has 8 heteroatoms. The predicted octanol–water partition coefficient (Wildman–Crippen LogP) is 2.21. The van der Waals surface area contributed by atoms with Crippen LogP contribution in [0.2, 0.25) is 0 Å². The van der Waals surface area contributed by atoms with Gasteiger partial charge in [-0.2, -0.15) is 0 Å². The van der Waals surface area contributed by atoms with Crippen LogP contribution >= 0.6 is 24.0 Å². The summed E-state index contributed by atoms with van der Waals surface area (Å²) in [5, 5.41) is 6.58. The molecule has 0 bridgehead atoms. The number of pyridine rings is 1. The van der Waals surface area contributed by atoms with Gasteiger partial charge in [0.05, 0.1) is 6.61 Å². The molecule has 0 spiro atoms. The van der Waals surface area contributed by atoms with Crippen LogP contribution in [0.3, 0.4) is 0 Å². The van der Waals surface area contributed by atoms with Gasteiger partial charge in [-0.3, -0.25) is 4.99 Å². The maximum atomic E-state index is 5.64. The Balaban J connectivity index is 0.00000338. The first-order valence-electron chi connectivity index (χ1n) is 8.91. The van der Waals surface area contributed by atoms with Gasteiger partial charge < -0.3 is 24.8 Å². The lowest BCUT2D eigenvalue weighted by atomic mass is 10.2. The minimum atomic E-state index is 0. The monoisotopic (exact) mass is 478 g/mol. The Morgan fingerprint density at radius 3 is 2.85 bits per heavy atom. The third-order valence-corrected chi connectivity index (χ3v) is 3.85. The lowest BCUT2D eigenvalue weighted by Crippen LogP contribution is -2.37. The van der Waals surface area contributed by atoms with Crippen LogP contribution in [0.25, 0.3) is 0 Å². The van der Waals surface area contributed by atoms with Gasteiger partial charge in [-0.15, -0.1) is 24.0 Å². The van der Waals surface area contributed by atoms with Gasteiger partial charge in [0.1, 0.15) is 6.61 Å². The van der Waals surface area contributed by atoms with Gasteiger partial charge >= 0.3 is 0 Å². The Labute approximate surface area is 173 Å². The first-order chi connectivity index (χ1) is 12.3. The normalized spacial score (nSPS) is 13.8. The minimum Gasteiger partial charge on any atom is -0.475 e. The first kappa shape index (κ1) is 22.9. The Morgan fingerprint density at radius 2 is 2.12 bits per heavy atom. The molecule has 0 saturated heterocycles. The smallest absolute Gasteiger partial charge is 0.218 e. The summed E-state index contributed by atoms with van der Waals surface area (Å²) in [5.41, 5.74) is 0.981. The standard InChI is InChI=1S/C18H30N4O3.HI/c1-19-18(21-9-4-10-24-14-15-6-7-15)22-13-16-5-3-8-20-17(16)25-12-11-23-2;/h3,5,8,15H,4,6-7,9-14H2,1-2H3,(H2,19,21,22);1H. The Hall–Kier alpha value is -1.13. The number of aliphatic imine (C=N–C) groups is 1. The summed E-state index contributed by atoms with van der Waals surface area (Å²) < 4.78 is 16.3. The third kappa shape index (κ3) is 9.54. The SMILES string of the molecule is CN=C(NCCCOCC1CC1)NCc1cccnc1OCCOC.I. The Morgan fingerprint density at radius 1 is 1.27 bits per heavy atom. The van der Waals surface area contributed by atoms with E-state index in [1.54, 1.807) is 20.4 Å². The number of guanidine groups is 1. The fourth-order valence-electron chi connectivity index (χ4n) is 2.23. The first-order valence-corrected chi connectivity index (χ1v) is 8.91. The summed E-state index contributed by atoms with van der Waals surface area (Å²) in [6, 6.07) is 3.88. The Bertz CT molecular complexity index is 527. The molecule has 0 amide bonds. The van der Waals surface area contributed by atoms with Crippen LogP contribution in [0.4, 0.5) is 0 Å². The second kappa shape index (κ2) is 14.0. The van der Waals surface area contributed by atoms with Crippen molar-refractivity contribution in [3.8, 4) is 5.88 Å². The van der Waals surface area contributed by atoms with E-state index in [1.807, 2.05) is 12.1 Å². The molecule has 0 aromatic carbocycles. The average molecular weight is 478 g/mol. The third-order valence-electron chi connectivity index (χ3n) is 3.85. The van der Waals surface area contributed by atoms with Crippen molar-refractivity contribution >= 4 is 29.9 Å². The van der Waals surface area contributed by atoms with Crippen molar-refractivity contribution < 1.29 is 14.2 Å². The van der Waals surface area contributed by atoms with Crippen LogP contribution in [0.5, 0.6) is 5.88 Å². The van der Waals surface area contributed by atoms with Gasteiger partial charge in [-0.05, 0) is 31.2 Å². The van der Waals surface area contributed by atoms with Crippen molar-refractivity contribution in [1.82, 2.24) is 15.6 Å². The van der Waals surface area contributed by atoms with Gasteiger partial charge in [-0.25, -0.2) is 4.98 Å². The molecule has 2 rings (SSSR count). The van der Waals surface area contributed by atoms with E-state index in [0.717, 1.165) is 43.6 Å². The predicted molar refractivity (Wildman–Crippen MR) is 113 cm³/mol. The van der Waals surface area contributed by atoms with Gasteiger partial charge in [0, 0.05) is 52.2 Å². The lowest BCUT2D eigenvalue weighted by molar-refractivity contribution is 0.123. The number of ether oxygens (including phenoxy) is 3. The zero-order chi connectivity index (χ0) is 17.7. The van der Waals surface area contributed by atoms with E-state index in [-0.39, 0.29) is 24.0 Å². The van der Waals surface area contributed by atoms with Gasteiger partial charge in [-0.1, -0.05) is 6.07 Å². The number of halogens is 1. The van der Waals surface area contributed by atoms with E-state index >= 15 is 0 Å². The van der Waals surface area contributed by atoms with Crippen molar-refractivity contribution in [1.29, 1.82) is 0 Å². The van der Waals surface area contributed by atoms with Crippen molar-refractivity contribution in [2.45, 2.75) is 25.8 Å². The molecule has 2 N–H and O–H groups in total. The molecule has 1 fully saturated rings. The molecule has 148 valence electrons. The van der Waals surface area contributed by atoms with E-state index in [0.29, 0.717) is 25.6 Å². The average Bonchev–Trinajstić information content (AvgIpc) is 3.46. The molecule has 0 radical (unpaired) electrons. The van der Waals surface area contributed by atoms with E-state index in [9.17, 15) is 0 Å². The Kier molecular flexibility index (Phi) is 12.3. The van der Waals surface area contributed by atoms with Crippen LogP contribution in [-0.2, 0) is 16.0 Å². The minimum absolute atomic E-state index is 0. The highest BCUT2D eigenvalue weighted by atomic mass is 127. The zero-order valence-electron chi connectivity index (χ0n) is 15.7. The molecule has 7 nitrogen and oxygen atoms in total. The highest BCUT2D eigenvalue weighted by Crippen LogP contribution is 2.28. The van der Waals surface area contributed by atoms with Crippen molar-refractivity contribution in [2.24, 2.45) is 10.9 Å². The number of nitrogens with one attached hydrogen (secondary N) is 2. The van der Waals surface area contributed by atoms with Crippen LogP contribution in [0, 0.1) is 5.92 Å². The molecule has 0 atom stereocenters. The molecule has 1 aromatic heterocycles. The summed E-state index contributed by atoms with van der Waals surface area (Å²) in [6.45, 7) is 4.15. The second-order valence-electron chi connectivity index (χ2n) is 6.03. The van der Waals surface area contributed by atoms with Crippen LogP contribution < -0.4 is 15.4 Å². The number of rotatable bonds is 12. The van der Waals surface area contributed by atoms with Crippen molar-refractivity contribution in [2.75, 3.05) is 47.1 Å². The van der Waals surface area contributed by atoms with Gasteiger partial charge in [0.2, 0.25) is 5.88 Å². The van der Waals surface area contributed by atoms with Crippen LogP contribution in [0.15, 0.2) is 23.3 Å². The molecule has 1 heterocycles. The number of methoxy groups -OCH3 is 1. The number of hydrogen-bond donors (Lipinski definition) is 2. The molecule has 0 unspecified atom stereocenters. The van der Waals surface area contributed by atoms with E-state index < -0.39 is 0 Å². The van der Waals surface area contributed by atoms with E-state index in [2.05, 4.69) is 20.6 Å². The summed E-state index contributed by atoms with van der Waals surface area (Å²) >= 11 is 0. The molecule has 1 saturated carbocycles. The van der Waals surface area contributed by atoms with Crippen molar-refractivity contribution in [3.63, 3.8) is 0 Å². The van der Waals surface area contributed by atoms with Crippen molar-refractivity contribution in [3.05, 3.63) is 23.9 Å². The summed E-state index contributed by atoms with van der Waals surface area (Å²) in [7, 11) is 3.41. The molecular formula is C18H31IN4O3. The van der Waals surface area contributed by atoms with E-state index in [4.69, 9.17) is 14.2 Å². The molecule has 1 aromatic rings. The summed E-state index contributed by atoms with van der Waals surface area (Å²) in [6.07, 6.45) is 5.35. The molecule has 1 aliphatic rings. The summed E-state index contributed by atoms with van der Waals surface area (Å²) in [4.78, 5) is 8.51. The molecule has 1 aliphatic carbocycles. The van der Waals surface area contributed by atoms with Gasteiger partial charge in [0.25, 0.3) is 0 Å². The van der Waals surface area contributed by atoms with Gasteiger partial charge in [0.15, 0.2) is 5.96 Å². The number of hydrogen-bond acceptors (Lipinski definition) is 5.